The Morgan fingerprint density at radius 2 is 2.12 bits per heavy atom. The molecule has 0 saturated heterocycles. The maximum absolute atomic E-state index is 11.1. The summed E-state index contributed by atoms with van der Waals surface area (Å²) in [6.07, 6.45) is 6.61. The second kappa shape index (κ2) is 6.83. The van der Waals surface area contributed by atoms with E-state index in [-0.39, 0.29) is 5.97 Å². The van der Waals surface area contributed by atoms with Crippen LogP contribution in [0.5, 0.6) is 0 Å². The standard InChI is InChI=1S/C14H18O2/c1-3-4-5-7-12-8-6-9-13(10-12)11-14(15)16-2/h3-4,6,8-10H,5,7,11H2,1-2H3/b4-3-. The second-order valence-electron chi connectivity index (χ2n) is 3.68. The van der Waals surface area contributed by atoms with Crippen LogP contribution >= 0.6 is 0 Å². The Morgan fingerprint density at radius 1 is 1.38 bits per heavy atom. The van der Waals surface area contributed by atoms with Crippen molar-refractivity contribution in [3.8, 4) is 0 Å². The number of hydrogen-bond donors (Lipinski definition) is 0. The Kier molecular flexibility index (Phi) is 5.34. The van der Waals surface area contributed by atoms with Gasteiger partial charge in [0.1, 0.15) is 0 Å². The summed E-state index contributed by atoms with van der Waals surface area (Å²) in [6, 6.07) is 8.10. The van der Waals surface area contributed by atoms with Crippen molar-refractivity contribution in [2.24, 2.45) is 0 Å². The highest BCUT2D eigenvalue weighted by Crippen LogP contribution is 2.09. The molecule has 0 aromatic heterocycles. The SMILES string of the molecule is C/C=C\CCc1cccc(CC(=O)OC)c1. The monoisotopic (exact) mass is 218 g/mol. The van der Waals surface area contributed by atoms with Crippen LogP contribution in [0.4, 0.5) is 0 Å². The van der Waals surface area contributed by atoms with Crippen LogP contribution < -0.4 is 0 Å². The number of rotatable bonds is 5. The van der Waals surface area contributed by atoms with E-state index < -0.39 is 0 Å². The molecule has 0 saturated carbocycles. The highest BCUT2D eigenvalue weighted by Gasteiger charge is 2.02. The highest BCUT2D eigenvalue weighted by molar-refractivity contribution is 5.72. The zero-order chi connectivity index (χ0) is 11.8. The molecule has 1 rings (SSSR count). The van der Waals surface area contributed by atoms with Crippen LogP contribution in [0, 0.1) is 0 Å². The quantitative estimate of drug-likeness (QED) is 0.561. The smallest absolute Gasteiger partial charge is 0.309 e. The maximum atomic E-state index is 11.1. The van der Waals surface area contributed by atoms with Crippen LogP contribution in [0.1, 0.15) is 24.5 Å². The molecule has 1 aromatic rings. The lowest BCUT2D eigenvalue weighted by Gasteiger charge is -2.03. The van der Waals surface area contributed by atoms with E-state index >= 15 is 0 Å². The molecule has 0 unspecified atom stereocenters. The average molecular weight is 218 g/mol. The molecule has 86 valence electrons. The summed E-state index contributed by atoms with van der Waals surface area (Å²) in [5.74, 6) is -0.189. The van der Waals surface area contributed by atoms with E-state index in [9.17, 15) is 4.79 Å². The van der Waals surface area contributed by atoms with Crippen LogP contribution in [-0.2, 0) is 22.4 Å². The van der Waals surface area contributed by atoms with E-state index in [4.69, 9.17) is 0 Å². The zero-order valence-electron chi connectivity index (χ0n) is 9.90. The number of benzene rings is 1. The summed E-state index contributed by atoms with van der Waals surface area (Å²) in [6.45, 7) is 2.02. The van der Waals surface area contributed by atoms with Crippen molar-refractivity contribution >= 4 is 5.97 Å². The fourth-order valence-electron chi connectivity index (χ4n) is 1.55. The first-order valence-electron chi connectivity index (χ1n) is 5.52. The molecule has 2 nitrogen and oxygen atoms in total. The fourth-order valence-corrected chi connectivity index (χ4v) is 1.55. The molecule has 0 aliphatic carbocycles. The minimum Gasteiger partial charge on any atom is -0.469 e. The van der Waals surface area contributed by atoms with Gasteiger partial charge in [-0.05, 0) is 30.9 Å². The Labute approximate surface area is 96.9 Å². The van der Waals surface area contributed by atoms with E-state index in [2.05, 4.69) is 29.0 Å². The van der Waals surface area contributed by atoms with Crippen molar-refractivity contribution < 1.29 is 9.53 Å². The van der Waals surface area contributed by atoms with Gasteiger partial charge in [-0.3, -0.25) is 4.79 Å². The number of hydrogen-bond acceptors (Lipinski definition) is 2. The Hall–Kier alpha value is -1.57. The van der Waals surface area contributed by atoms with Gasteiger partial charge >= 0.3 is 5.97 Å². The predicted molar refractivity (Wildman–Crippen MR) is 65.3 cm³/mol. The minimum atomic E-state index is -0.189. The van der Waals surface area contributed by atoms with E-state index in [1.54, 1.807) is 0 Å². The lowest BCUT2D eigenvalue weighted by atomic mass is 10.0. The molecule has 0 aliphatic rings. The highest BCUT2D eigenvalue weighted by atomic mass is 16.5. The van der Waals surface area contributed by atoms with Crippen molar-refractivity contribution in [1.29, 1.82) is 0 Å². The first-order valence-corrected chi connectivity index (χ1v) is 5.52. The minimum absolute atomic E-state index is 0.189. The van der Waals surface area contributed by atoms with E-state index in [1.807, 2.05) is 19.1 Å². The molecule has 0 amide bonds. The lowest BCUT2D eigenvalue weighted by Crippen LogP contribution is -2.04. The van der Waals surface area contributed by atoms with Gasteiger partial charge in [-0.2, -0.15) is 0 Å². The molecule has 1 aromatic carbocycles. The molecule has 2 heteroatoms. The van der Waals surface area contributed by atoms with Crippen LogP contribution in [0.25, 0.3) is 0 Å². The van der Waals surface area contributed by atoms with Gasteiger partial charge in [-0.1, -0.05) is 36.4 Å². The number of carbonyl (C=O) groups is 1. The molecule has 0 atom stereocenters. The summed E-state index contributed by atoms with van der Waals surface area (Å²) in [7, 11) is 1.41. The first kappa shape index (κ1) is 12.5. The summed E-state index contributed by atoms with van der Waals surface area (Å²) >= 11 is 0. The largest absolute Gasteiger partial charge is 0.469 e. The van der Waals surface area contributed by atoms with E-state index in [1.165, 1.54) is 12.7 Å². The van der Waals surface area contributed by atoms with Gasteiger partial charge in [-0.25, -0.2) is 0 Å². The fraction of sp³-hybridized carbons (Fsp3) is 0.357. The van der Waals surface area contributed by atoms with Crippen LogP contribution in [-0.4, -0.2) is 13.1 Å². The average Bonchev–Trinajstić information content (AvgIpc) is 2.30. The van der Waals surface area contributed by atoms with Gasteiger partial charge in [0, 0.05) is 0 Å². The van der Waals surface area contributed by atoms with Crippen molar-refractivity contribution in [3.63, 3.8) is 0 Å². The van der Waals surface area contributed by atoms with E-state index in [0.29, 0.717) is 6.42 Å². The van der Waals surface area contributed by atoms with Crippen molar-refractivity contribution in [3.05, 3.63) is 47.5 Å². The van der Waals surface area contributed by atoms with Gasteiger partial charge in [0.2, 0.25) is 0 Å². The third-order valence-corrected chi connectivity index (χ3v) is 2.40. The molecule has 0 heterocycles. The van der Waals surface area contributed by atoms with Crippen LogP contribution in [0.15, 0.2) is 36.4 Å². The summed E-state index contributed by atoms with van der Waals surface area (Å²) in [5.41, 5.74) is 2.28. The third kappa shape index (κ3) is 4.30. The van der Waals surface area contributed by atoms with Crippen LogP contribution in [0.3, 0.4) is 0 Å². The van der Waals surface area contributed by atoms with Crippen molar-refractivity contribution in [2.45, 2.75) is 26.2 Å². The van der Waals surface area contributed by atoms with Gasteiger partial charge in [0.05, 0.1) is 13.5 Å². The zero-order valence-corrected chi connectivity index (χ0v) is 9.90. The number of aryl methyl sites for hydroxylation is 1. The van der Waals surface area contributed by atoms with Crippen LogP contribution in [0.2, 0.25) is 0 Å². The molecule has 0 fully saturated rings. The molecule has 0 spiro atoms. The normalized spacial score (nSPS) is 10.6. The molecule has 0 bridgehead atoms. The predicted octanol–water partition coefficient (Wildman–Crippen LogP) is 2.91. The molecule has 0 aliphatic heterocycles. The molecule has 16 heavy (non-hydrogen) atoms. The molecule has 0 N–H and O–H groups in total. The second-order valence-corrected chi connectivity index (χ2v) is 3.68. The number of allylic oxidation sites excluding steroid dienone is 2. The number of methoxy groups -OCH3 is 1. The Morgan fingerprint density at radius 3 is 2.81 bits per heavy atom. The van der Waals surface area contributed by atoms with Gasteiger partial charge in [-0.15, -0.1) is 0 Å². The summed E-state index contributed by atoms with van der Waals surface area (Å²) < 4.78 is 4.64. The molecular formula is C14H18O2. The van der Waals surface area contributed by atoms with Gasteiger partial charge < -0.3 is 4.74 Å². The van der Waals surface area contributed by atoms with Crippen molar-refractivity contribution in [2.75, 3.05) is 7.11 Å². The number of carbonyl (C=O) groups excluding carboxylic acids is 1. The number of esters is 1. The first-order chi connectivity index (χ1) is 7.76. The van der Waals surface area contributed by atoms with E-state index in [0.717, 1.165) is 18.4 Å². The summed E-state index contributed by atoms with van der Waals surface area (Å²) in [5, 5.41) is 0. The molecular weight excluding hydrogens is 200 g/mol. The summed E-state index contributed by atoms with van der Waals surface area (Å²) in [4.78, 5) is 11.1. The van der Waals surface area contributed by atoms with Gasteiger partial charge in [0.25, 0.3) is 0 Å². The lowest BCUT2D eigenvalue weighted by molar-refractivity contribution is -0.139. The third-order valence-electron chi connectivity index (χ3n) is 2.40. The number of ether oxygens (including phenoxy) is 1. The molecule has 0 radical (unpaired) electrons. The van der Waals surface area contributed by atoms with Gasteiger partial charge in [0.15, 0.2) is 0 Å². The Balaban J connectivity index is 2.60. The topological polar surface area (TPSA) is 26.3 Å². The Bertz CT molecular complexity index is 367. The maximum Gasteiger partial charge on any atom is 0.309 e. The van der Waals surface area contributed by atoms with Crippen molar-refractivity contribution in [1.82, 2.24) is 0 Å².